The number of esters is 1. The topological polar surface area (TPSA) is 26.3 Å². The number of unbranched alkanes of at least 4 members (excludes halogenated alkanes) is 9. The molecule has 0 aromatic heterocycles. The fourth-order valence-electron chi connectivity index (χ4n) is 1.90. The van der Waals surface area contributed by atoms with Crippen LogP contribution in [0, 0.1) is 0 Å². The molecule has 0 atom stereocenters. The first kappa shape index (κ1) is 18.5. The molecule has 0 aromatic carbocycles. The van der Waals surface area contributed by atoms with Crippen molar-refractivity contribution in [3.8, 4) is 0 Å². The molecule has 0 aromatic rings. The SMILES string of the molecule is C=C(C)C(=O)OCCCCCCCCCCCCCl. The van der Waals surface area contributed by atoms with Gasteiger partial charge in [-0.3, -0.25) is 0 Å². The molecule has 0 bridgehead atoms. The fourth-order valence-corrected chi connectivity index (χ4v) is 2.09. The van der Waals surface area contributed by atoms with Crippen LogP contribution in [-0.2, 0) is 9.53 Å². The predicted octanol–water partition coefficient (Wildman–Crippen LogP) is 5.25. The number of hydrogen-bond acceptors (Lipinski definition) is 2. The Morgan fingerprint density at radius 1 is 0.895 bits per heavy atom. The second kappa shape index (κ2) is 13.9. The normalized spacial score (nSPS) is 10.4. The highest BCUT2D eigenvalue weighted by molar-refractivity contribution is 6.17. The van der Waals surface area contributed by atoms with E-state index in [0.29, 0.717) is 12.2 Å². The quantitative estimate of drug-likeness (QED) is 0.200. The van der Waals surface area contributed by atoms with Crippen molar-refractivity contribution >= 4 is 17.6 Å². The minimum Gasteiger partial charge on any atom is -0.462 e. The Morgan fingerprint density at radius 2 is 1.32 bits per heavy atom. The molecule has 0 N–H and O–H groups in total. The van der Waals surface area contributed by atoms with Gasteiger partial charge >= 0.3 is 5.97 Å². The molecule has 0 saturated heterocycles. The standard InChI is InChI=1S/C16H29ClO2/c1-15(2)16(18)19-14-12-10-8-6-4-3-5-7-9-11-13-17/h1,3-14H2,2H3. The average molecular weight is 289 g/mol. The molecule has 19 heavy (non-hydrogen) atoms. The summed E-state index contributed by atoms with van der Waals surface area (Å²) in [6.07, 6.45) is 12.4. The van der Waals surface area contributed by atoms with Crippen molar-refractivity contribution in [1.29, 1.82) is 0 Å². The molecule has 3 heteroatoms. The third-order valence-electron chi connectivity index (χ3n) is 3.11. The molecular weight excluding hydrogens is 260 g/mol. The number of carbonyl (C=O) groups is 1. The van der Waals surface area contributed by atoms with Gasteiger partial charge in [0.15, 0.2) is 0 Å². The number of hydrogen-bond donors (Lipinski definition) is 0. The van der Waals surface area contributed by atoms with E-state index >= 15 is 0 Å². The van der Waals surface area contributed by atoms with Crippen LogP contribution in [0.4, 0.5) is 0 Å². The van der Waals surface area contributed by atoms with Crippen molar-refractivity contribution in [2.75, 3.05) is 12.5 Å². The molecule has 0 saturated carbocycles. The van der Waals surface area contributed by atoms with E-state index in [2.05, 4.69) is 6.58 Å². The van der Waals surface area contributed by atoms with E-state index in [1.807, 2.05) is 0 Å². The first-order valence-electron chi connectivity index (χ1n) is 7.57. The summed E-state index contributed by atoms with van der Waals surface area (Å²) in [4.78, 5) is 11.1. The lowest BCUT2D eigenvalue weighted by Gasteiger charge is -2.04. The predicted molar refractivity (Wildman–Crippen MR) is 82.7 cm³/mol. The summed E-state index contributed by atoms with van der Waals surface area (Å²) >= 11 is 5.63. The third-order valence-corrected chi connectivity index (χ3v) is 3.38. The van der Waals surface area contributed by atoms with Crippen molar-refractivity contribution in [2.45, 2.75) is 71.1 Å². The fraction of sp³-hybridized carbons (Fsp3) is 0.812. The van der Waals surface area contributed by atoms with Gasteiger partial charge in [0.25, 0.3) is 0 Å². The maximum Gasteiger partial charge on any atom is 0.333 e. The average Bonchev–Trinajstić information content (AvgIpc) is 2.39. The van der Waals surface area contributed by atoms with Crippen molar-refractivity contribution in [2.24, 2.45) is 0 Å². The third kappa shape index (κ3) is 13.7. The van der Waals surface area contributed by atoms with Crippen LogP contribution < -0.4 is 0 Å². The van der Waals surface area contributed by atoms with Crippen molar-refractivity contribution in [3.05, 3.63) is 12.2 Å². The lowest BCUT2D eigenvalue weighted by molar-refractivity contribution is -0.139. The van der Waals surface area contributed by atoms with Gasteiger partial charge in [-0.15, -0.1) is 11.6 Å². The second-order valence-electron chi connectivity index (χ2n) is 5.14. The number of rotatable bonds is 13. The Hall–Kier alpha value is -0.500. The van der Waals surface area contributed by atoms with Gasteiger partial charge in [0.05, 0.1) is 6.61 Å². The molecule has 2 nitrogen and oxygen atoms in total. The van der Waals surface area contributed by atoms with Crippen LogP contribution >= 0.6 is 11.6 Å². The van der Waals surface area contributed by atoms with Crippen LogP contribution in [0.25, 0.3) is 0 Å². The molecule has 0 spiro atoms. The van der Waals surface area contributed by atoms with Gasteiger partial charge in [-0.05, 0) is 19.8 Å². The van der Waals surface area contributed by atoms with Crippen LogP contribution in [0.3, 0.4) is 0 Å². The zero-order valence-corrected chi connectivity index (χ0v) is 13.1. The molecule has 0 aliphatic carbocycles. The molecule has 0 aliphatic rings. The van der Waals surface area contributed by atoms with Crippen LogP contribution in [0.2, 0.25) is 0 Å². The molecule has 0 aliphatic heterocycles. The maximum atomic E-state index is 11.1. The van der Waals surface area contributed by atoms with Crippen LogP contribution in [-0.4, -0.2) is 18.5 Å². The van der Waals surface area contributed by atoms with E-state index in [-0.39, 0.29) is 5.97 Å². The van der Waals surface area contributed by atoms with Crippen molar-refractivity contribution in [1.82, 2.24) is 0 Å². The van der Waals surface area contributed by atoms with Gasteiger partial charge in [0.2, 0.25) is 0 Å². The van der Waals surface area contributed by atoms with E-state index in [1.165, 1.54) is 44.9 Å². The van der Waals surface area contributed by atoms with Gasteiger partial charge < -0.3 is 4.74 Å². The molecule has 0 radical (unpaired) electrons. The molecule has 0 amide bonds. The number of ether oxygens (including phenoxy) is 1. The van der Waals surface area contributed by atoms with Gasteiger partial charge in [-0.1, -0.05) is 57.9 Å². The van der Waals surface area contributed by atoms with Crippen LogP contribution in [0.1, 0.15) is 71.1 Å². The van der Waals surface area contributed by atoms with Gasteiger partial charge in [-0.2, -0.15) is 0 Å². The minimum atomic E-state index is -0.267. The summed E-state index contributed by atoms with van der Waals surface area (Å²) in [5, 5.41) is 0. The Balaban J connectivity index is 3.07. The van der Waals surface area contributed by atoms with Crippen LogP contribution in [0.5, 0.6) is 0 Å². The Bertz CT molecular complexity index is 239. The second-order valence-corrected chi connectivity index (χ2v) is 5.52. The lowest BCUT2D eigenvalue weighted by Crippen LogP contribution is -2.05. The Kier molecular flexibility index (Phi) is 13.6. The Labute approximate surface area is 123 Å². The smallest absolute Gasteiger partial charge is 0.333 e. The highest BCUT2D eigenvalue weighted by Crippen LogP contribution is 2.11. The van der Waals surface area contributed by atoms with E-state index < -0.39 is 0 Å². The van der Waals surface area contributed by atoms with E-state index in [9.17, 15) is 4.79 Å². The number of halogens is 1. The van der Waals surface area contributed by atoms with Crippen molar-refractivity contribution < 1.29 is 9.53 Å². The molecule has 0 rings (SSSR count). The molecule has 112 valence electrons. The summed E-state index contributed by atoms with van der Waals surface area (Å²) in [6, 6.07) is 0. The first-order valence-corrected chi connectivity index (χ1v) is 8.10. The molecular formula is C16H29ClO2. The summed E-state index contributed by atoms with van der Waals surface area (Å²) < 4.78 is 5.04. The van der Waals surface area contributed by atoms with Crippen molar-refractivity contribution in [3.63, 3.8) is 0 Å². The summed E-state index contributed by atoms with van der Waals surface area (Å²) in [5.41, 5.74) is 0.481. The zero-order valence-electron chi connectivity index (χ0n) is 12.4. The van der Waals surface area contributed by atoms with E-state index in [0.717, 1.165) is 25.1 Å². The van der Waals surface area contributed by atoms with Gasteiger partial charge in [-0.25, -0.2) is 4.79 Å². The summed E-state index contributed by atoms with van der Waals surface area (Å²) in [6.45, 7) is 5.76. The zero-order chi connectivity index (χ0) is 14.3. The van der Waals surface area contributed by atoms with E-state index in [1.54, 1.807) is 6.92 Å². The lowest BCUT2D eigenvalue weighted by atomic mass is 10.1. The molecule has 0 unspecified atom stereocenters. The monoisotopic (exact) mass is 288 g/mol. The highest BCUT2D eigenvalue weighted by Gasteiger charge is 2.01. The largest absolute Gasteiger partial charge is 0.462 e. The number of carbonyl (C=O) groups excluding carboxylic acids is 1. The minimum absolute atomic E-state index is 0.267. The maximum absolute atomic E-state index is 11.1. The summed E-state index contributed by atoms with van der Waals surface area (Å²) in [5.74, 6) is 0.535. The first-order chi connectivity index (χ1) is 9.18. The molecule has 0 fully saturated rings. The van der Waals surface area contributed by atoms with Gasteiger partial charge in [0, 0.05) is 11.5 Å². The number of alkyl halides is 1. The molecule has 0 heterocycles. The Morgan fingerprint density at radius 3 is 1.74 bits per heavy atom. The van der Waals surface area contributed by atoms with Gasteiger partial charge in [0.1, 0.15) is 0 Å². The van der Waals surface area contributed by atoms with Crippen LogP contribution in [0.15, 0.2) is 12.2 Å². The highest BCUT2D eigenvalue weighted by atomic mass is 35.5. The van der Waals surface area contributed by atoms with E-state index in [4.69, 9.17) is 16.3 Å². The summed E-state index contributed by atoms with van der Waals surface area (Å²) in [7, 11) is 0.